The highest BCUT2D eigenvalue weighted by Gasteiger charge is 2.23. The maximum atomic E-state index is 12.9. The maximum absolute atomic E-state index is 12.9. The molecule has 2 aromatic heterocycles. The Bertz CT molecular complexity index is 1400. The topological polar surface area (TPSA) is 84.6 Å². The molecule has 8 nitrogen and oxygen atoms in total. The van der Waals surface area contributed by atoms with E-state index in [4.69, 9.17) is 0 Å². The van der Waals surface area contributed by atoms with Gasteiger partial charge in [-0.15, -0.1) is 26.3 Å². The van der Waals surface area contributed by atoms with E-state index in [1.807, 2.05) is 28.0 Å². The van der Waals surface area contributed by atoms with E-state index < -0.39 is 20.0 Å². The fourth-order valence-corrected chi connectivity index (χ4v) is 6.68. The molecule has 10 heteroatoms. The molecule has 3 rings (SSSR count). The van der Waals surface area contributed by atoms with Crippen LogP contribution in [0.15, 0.2) is 74.9 Å². The number of rotatable bonds is 14. The molecule has 0 saturated carbocycles. The zero-order chi connectivity index (χ0) is 26.7. The van der Waals surface area contributed by atoms with Crippen molar-refractivity contribution in [1.29, 1.82) is 0 Å². The van der Waals surface area contributed by atoms with Gasteiger partial charge in [-0.05, 0) is 24.3 Å². The summed E-state index contributed by atoms with van der Waals surface area (Å²) in [7, 11) is -7.37. The van der Waals surface area contributed by atoms with E-state index in [9.17, 15) is 16.8 Å². The Morgan fingerprint density at radius 1 is 0.639 bits per heavy atom. The average molecular weight is 531 g/mol. The van der Waals surface area contributed by atoms with Gasteiger partial charge in [-0.25, -0.2) is 24.8 Å². The Hall–Kier alpha value is -2.92. The van der Waals surface area contributed by atoms with E-state index in [2.05, 4.69) is 26.3 Å². The molecule has 0 bridgehead atoms. The lowest BCUT2D eigenvalue weighted by Gasteiger charge is -2.20. The van der Waals surface area contributed by atoms with Gasteiger partial charge < -0.3 is 0 Å². The lowest BCUT2D eigenvalue weighted by atomic mass is 10.2. The van der Waals surface area contributed by atoms with Gasteiger partial charge in [-0.3, -0.25) is 9.80 Å². The Balaban J connectivity index is 2.27. The molecule has 0 aliphatic rings. The van der Waals surface area contributed by atoms with Crippen LogP contribution in [0.3, 0.4) is 0 Å². The number of benzene rings is 1. The van der Waals surface area contributed by atoms with Gasteiger partial charge in [0, 0.05) is 61.4 Å². The van der Waals surface area contributed by atoms with Crippen molar-refractivity contribution in [2.75, 3.05) is 38.7 Å². The zero-order valence-corrected chi connectivity index (χ0v) is 22.6. The molecule has 194 valence electrons. The van der Waals surface area contributed by atoms with Crippen molar-refractivity contribution in [3.63, 3.8) is 0 Å². The monoisotopic (exact) mass is 530 g/mol. The number of aromatic nitrogens is 2. The summed E-state index contributed by atoms with van der Waals surface area (Å²) in [6.45, 7) is 18.1. The normalized spacial score (nSPS) is 12.6. The van der Waals surface area contributed by atoms with Gasteiger partial charge in [0.15, 0.2) is 0 Å². The molecular formula is C26H34N4O4S2. The first-order chi connectivity index (χ1) is 16.9. The first kappa shape index (κ1) is 27.7. The Kier molecular flexibility index (Phi) is 8.45. The van der Waals surface area contributed by atoms with E-state index in [1.54, 1.807) is 30.4 Å². The first-order valence-electron chi connectivity index (χ1n) is 11.4. The maximum Gasteiger partial charge on any atom is 0.236 e. The van der Waals surface area contributed by atoms with E-state index in [0.29, 0.717) is 72.5 Å². The van der Waals surface area contributed by atoms with E-state index in [-0.39, 0.29) is 0 Å². The van der Waals surface area contributed by atoms with Crippen LogP contribution in [-0.2, 0) is 33.1 Å². The quantitative estimate of drug-likeness (QED) is 0.296. The molecule has 1 aromatic carbocycles. The second-order valence-electron chi connectivity index (χ2n) is 8.84. The van der Waals surface area contributed by atoms with E-state index in [1.165, 1.54) is 7.94 Å². The summed E-state index contributed by atoms with van der Waals surface area (Å²) in [5.41, 5.74) is 2.03. The van der Waals surface area contributed by atoms with Gasteiger partial charge in [-0.2, -0.15) is 0 Å². The van der Waals surface area contributed by atoms with Gasteiger partial charge in [-0.1, -0.05) is 24.3 Å². The fourth-order valence-electron chi connectivity index (χ4n) is 4.58. The van der Waals surface area contributed by atoms with Gasteiger partial charge in [0.1, 0.15) is 0 Å². The summed E-state index contributed by atoms with van der Waals surface area (Å²) >= 11 is 0. The largest absolute Gasteiger partial charge is 0.290 e. The molecule has 36 heavy (non-hydrogen) atoms. The Labute approximate surface area is 214 Å². The summed E-state index contributed by atoms with van der Waals surface area (Å²) in [5.74, 6) is 0. The van der Waals surface area contributed by atoms with Crippen LogP contribution >= 0.6 is 0 Å². The van der Waals surface area contributed by atoms with Crippen molar-refractivity contribution in [2.45, 2.75) is 13.1 Å². The minimum Gasteiger partial charge on any atom is -0.290 e. The van der Waals surface area contributed by atoms with Crippen LogP contribution in [0.2, 0.25) is 0 Å². The van der Waals surface area contributed by atoms with Crippen LogP contribution in [0.1, 0.15) is 11.4 Å². The third-order valence-corrected chi connectivity index (χ3v) is 7.95. The molecule has 0 spiro atoms. The second-order valence-corrected chi connectivity index (χ2v) is 12.5. The molecular weight excluding hydrogens is 496 g/mol. The van der Waals surface area contributed by atoms with Crippen molar-refractivity contribution < 1.29 is 16.8 Å². The highest BCUT2D eigenvalue weighted by molar-refractivity contribution is 7.89. The van der Waals surface area contributed by atoms with E-state index >= 15 is 0 Å². The molecule has 2 heterocycles. The third kappa shape index (κ3) is 5.89. The fraction of sp³-hybridized carbons (Fsp3) is 0.308. The number of hydrogen-bond acceptors (Lipinski definition) is 6. The standard InChI is InChI=1S/C26H34N4O4S2/c1-7-11-27(12-8-2)19-23-16-21-15-22-17-24(20-28(13-9-3)14-10-4)30(36(6,33)34)26(22)18-25(21)29(23)35(5,31)32/h7-10,15-18H,1-4,11-14,19-20H2,5-6H3. The van der Waals surface area contributed by atoms with Gasteiger partial charge >= 0.3 is 0 Å². The smallest absolute Gasteiger partial charge is 0.236 e. The van der Waals surface area contributed by atoms with Crippen LogP contribution in [-0.4, -0.2) is 73.3 Å². The lowest BCUT2D eigenvalue weighted by Crippen LogP contribution is -2.26. The van der Waals surface area contributed by atoms with Crippen molar-refractivity contribution in [1.82, 2.24) is 17.7 Å². The molecule has 0 fully saturated rings. The van der Waals surface area contributed by atoms with Gasteiger partial charge in [0.25, 0.3) is 0 Å². The first-order valence-corrected chi connectivity index (χ1v) is 15.1. The SMILES string of the molecule is C=CCN(CC=C)Cc1cc2cc3cc(CN(CC=C)CC=C)n(S(C)(=O)=O)c3cc2n1S(C)(=O)=O. The van der Waals surface area contributed by atoms with Crippen LogP contribution in [0.5, 0.6) is 0 Å². The van der Waals surface area contributed by atoms with Crippen LogP contribution < -0.4 is 0 Å². The van der Waals surface area contributed by atoms with Crippen molar-refractivity contribution in [3.05, 3.63) is 86.3 Å². The molecule has 0 saturated heterocycles. The predicted molar refractivity (Wildman–Crippen MR) is 149 cm³/mol. The van der Waals surface area contributed by atoms with Crippen molar-refractivity contribution >= 4 is 41.9 Å². The Morgan fingerprint density at radius 3 is 1.25 bits per heavy atom. The minimum atomic E-state index is -3.69. The second kappa shape index (κ2) is 11.0. The minimum absolute atomic E-state index is 0.361. The summed E-state index contributed by atoms with van der Waals surface area (Å²) in [6.07, 6.45) is 9.31. The summed E-state index contributed by atoms with van der Waals surface area (Å²) in [6, 6.07) is 7.18. The number of hydrogen-bond donors (Lipinski definition) is 0. The molecule has 0 aliphatic heterocycles. The van der Waals surface area contributed by atoms with Gasteiger partial charge in [0.05, 0.1) is 23.5 Å². The number of nitrogens with zero attached hydrogens (tertiary/aromatic N) is 4. The molecule has 0 amide bonds. The van der Waals surface area contributed by atoms with Crippen molar-refractivity contribution in [3.8, 4) is 0 Å². The zero-order valence-electron chi connectivity index (χ0n) is 20.9. The van der Waals surface area contributed by atoms with Crippen LogP contribution in [0, 0.1) is 0 Å². The average Bonchev–Trinajstić information content (AvgIpc) is 3.28. The third-order valence-electron chi connectivity index (χ3n) is 5.76. The predicted octanol–water partition coefficient (Wildman–Crippen LogP) is 3.56. The molecule has 0 radical (unpaired) electrons. The lowest BCUT2D eigenvalue weighted by molar-refractivity contribution is 0.323. The van der Waals surface area contributed by atoms with Gasteiger partial charge in [0.2, 0.25) is 20.0 Å². The molecule has 0 N–H and O–H groups in total. The molecule has 0 aliphatic carbocycles. The molecule has 0 atom stereocenters. The van der Waals surface area contributed by atoms with E-state index in [0.717, 1.165) is 12.5 Å². The van der Waals surface area contributed by atoms with Crippen LogP contribution in [0.4, 0.5) is 0 Å². The van der Waals surface area contributed by atoms with Crippen molar-refractivity contribution in [2.24, 2.45) is 0 Å². The Morgan fingerprint density at radius 2 is 0.972 bits per heavy atom. The molecule has 0 unspecified atom stereocenters. The summed E-state index contributed by atoms with van der Waals surface area (Å²) in [4.78, 5) is 4.02. The molecule has 3 aromatic rings. The van der Waals surface area contributed by atoms with Crippen LogP contribution in [0.25, 0.3) is 21.8 Å². The summed E-state index contributed by atoms with van der Waals surface area (Å²) < 4.78 is 54.2. The number of fused-ring (bicyclic) bond motifs is 2. The highest BCUT2D eigenvalue weighted by Crippen LogP contribution is 2.31. The highest BCUT2D eigenvalue weighted by atomic mass is 32.2. The summed E-state index contributed by atoms with van der Waals surface area (Å²) in [5, 5.41) is 1.43.